The molecule has 1 fully saturated rings. The topological polar surface area (TPSA) is 106 Å². The van der Waals surface area contributed by atoms with Gasteiger partial charge in [-0.3, -0.25) is 19.3 Å². The van der Waals surface area contributed by atoms with Crippen LogP contribution in [0.3, 0.4) is 0 Å². The summed E-state index contributed by atoms with van der Waals surface area (Å²) in [5.74, 6) is -0.935. The molecule has 11 heteroatoms. The van der Waals surface area contributed by atoms with Gasteiger partial charge in [-0.2, -0.15) is 0 Å². The summed E-state index contributed by atoms with van der Waals surface area (Å²) in [6, 6.07) is 15.0. The molecule has 3 amide bonds. The molecule has 2 heterocycles. The number of carbonyl (C=O) groups excluding carboxylic acids is 4. The van der Waals surface area contributed by atoms with Crippen LogP contribution in [-0.4, -0.2) is 41.6 Å². The highest BCUT2D eigenvalue weighted by Crippen LogP contribution is 2.34. The van der Waals surface area contributed by atoms with E-state index in [4.69, 9.17) is 20.8 Å². The predicted octanol–water partition coefficient (Wildman–Crippen LogP) is 5.82. The van der Waals surface area contributed by atoms with Gasteiger partial charge in [0.15, 0.2) is 0 Å². The molecule has 1 aliphatic rings. The van der Waals surface area contributed by atoms with Crippen LogP contribution in [0.5, 0.6) is 0 Å². The van der Waals surface area contributed by atoms with Crippen molar-refractivity contribution >= 4 is 74.1 Å². The second-order valence-corrected chi connectivity index (χ2v) is 9.53. The fourth-order valence-electron chi connectivity index (χ4n) is 3.17. The average molecular weight is 576 g/mol. The van der Waals surface area contributed by atoms with Crippen LogP contribution in [0.15, 0.2) is 68.4 Å². The first-order valence-corrected chi connectivity index (χ1v) is 12.0. The second-order valence-electron chi connectivity index (χ2n) is 7.21. The zero-order chi connectivity index (χ0) is 25.1. The molecule has 3 aromatic rings. The molecule has 178 valence electrons. The Kier molecular flexibility index (Phi) is 7.44. The van der Waals surface area contributed by atoms with Crippen LogP contribution in [0.25, 0.3) is 17.4 Å². The Morgan fingerprint density at radius 1 is 1.14 bits per heavy atom. The molecule has 4 rings (SSSR count). The van der Waals surface area contributed by atoms with E-state index in [0.717, 1.165) is 9.37 Å². The standard InChI is InChI=1S/C24H16BrClN2O6S/c1-33-23(31)17-10-13(2-8-18(17)26)19-9-7-16(34-19)11-20-22(30)28(24(32)35-20)12-21(29)27-15-5-3-14(25)4-6-15/h2-11H,12H2,1H3,(H,27,29)/b20-11+. The smallest absolute Gasteiger partial charge is 0.339 e. The predicted molar refractivity (Wildman–Crippen MR) is 136 cm³/mol. The number of hydrogen-bond acceptors (Lipinski definition) is 7. The SMILES string of the molecule is COC(=O)c1cc(-c2ccc(/C=C3/SC(=O)N(CC(=O)Nc4ccc(Br)cc4)C3=O)o2)ccc1Cl. The van der Waals surface area contributed by atoms with E-state index in [9.17, 15) is 19.2 Å². The number of carbonyl (C=O) groups is 4. The number of thioether (sulfide) groups is 1. The van der Waals surface area contributed by atoms with Crippen molar-refractivity contribution in [3.05, 3.63) is 80.3 Å². The van der Waals surface area contributed by atoms with Crippen molar-refractivity contribution in [2.45, 2.75) is 0 Å². The highest BCUT2D eigenvalue weighted by Gasteiger charge is 2.36. The molecule has 0 bridgehead atoms. The van der Waals surface area contributed by atoms with Gasteiger partial charge in [0.05, 0.1) is 22.6 Å². The normalized spacial score (nSPS) is 14.5. The number of methoxy groups -OCH3 is 1. The summed E-state index contributed by atoms with van der Waals surface area (Å²) in [4.78, 5) is 50.3. The van der Waals surface area contributed by atoms with Crippen molar-refractivity contribution in [2.24, 2.45) is 0 Å². The van der Waals surface area contributed by atoms with Gasteiger partial charge in [0.1, 0.15) is 18.1 Å². The van der Waals surface area contributed by atoms with Crippen molar-refractivity contribution in [1.29, 1.82) is 0 Å². The molecule has 1 N–H and O–H groups in total. The number of benzene rings is 2. The summed E-state index contributed by atoms with van der Waals surface area (Å²) in [5.41, 5.74) is 1.31. The first-order valence-electron chi connectivity index (χ1n) is 10.0. The zero-order valence-corrected chi connectivity index (χ0v) is 21.2. The number of halogens is 2. The third-order valence-electron chi connectivity index (χ3n) is 4.86. The van der Waals surface area contributed by atoms with E-state index in [1.54, 1.807) is 48.5 Å². The van der Waals surface area contributed by atoms with E-state index in [2.05, 4.69) is 21.2 Å². The minimum atomic E-state index is -0.594. The molecule has 0 unspecified atom stereocenters. The lowest BCUT2D eigenvalue weighted by atomic mass is 10.1. The Bertz CT molecular complexity index is 1370. The van der Waals surface area contributed by atoms with Gasteiger partial charge in [0.25, 0.3) is 11.1 Å². The third-order valence-corrected chi connectivity index (χ3v) is 6.63. The number of imide groups is 1. The van der Waals surface area contributed by atoms with Crippen LogP contribution in [0.4, 0.5) is 10.5 Å². The summed E-state index contributed by atoms with van der Waals surface area (Å²) < 4.78 is 11.4. The maximum atomic E-state index is 12.7. The van der Waals surface area contributed by atoms with Crippen LogP contribution >= 0.6 is 39.3 Å². The Labute approximate surface area is 217 Å². The molecule has 0 radical (unpaired) electrons. The quantitative estimate of drug-likeness (QED) is 0.291. The van der Waals surface area contributed by atoms with E-state index in [1.807, 2.05) is 0 Å². The molecule has 1 saturated heterocycles. The Morgan fingerprint density at radius 2 is 1.89 bits per heavy atom. The molecule has 1 aromatic heterocycles. The largest absolute Gasteiger partial charge is 0.465 e. The maximum absolute atomic E-state index is 12.7. The highest BCUT2D eigenvalue weighted by atomic mass is 79.9. The van der Waals surface area contributed by atoms with Gasteiger partial charge >= 0.3 is 5.97 Å². The van der Waals surface area contributed by atoms with Gasteiger partial charge in [-0.15, -0.1) is 0 Å². The van der Waals surface area contributed by atoms with Crippen LogP contribution in [0.2, 0.25) is 5.02 Å². The summed E-state index contributed by atoms with van der Waals surface area (Å²) in [5, 5.41) is 2.33. The van der Waals surface area contributed by atoms with E-state index < -0.39 is 29.6 Å². The van der Waals surface area contributed by atoms with Crippen LogP contribution in [0.1, 0.15) is 16.1 Å². The lowest BCUT2D eigenvalue weighted by Crippen LogP contribution is -2.36. The molecular weight excluding hydrogens is 560 g/mol. The molecular formula is C24H16BrClN2O6S. The van der Waals surface area contributed by atoms with Gasteiger partial charge in [-0.25, -0.2) is 4.79 Å². The molecule has 0 spiro atoms. The number of nitrogens with zero attached hydrogens (tertiary/aromatic N) is 1. The lowest BCUT2D eigenvalue weighted by molar-refractivity contribution is -0.127. The number of amides is 3. The van der Waals surface area contributed by atoms with Crippen molar-refractivity contribution in [3.8, 4) is 11.3 Å². The second kappa shape index (κ2) is 10.5. The fraction of sp³-hybridized carbons (Fsp3) is 0.0833. The van der Waals surface area contributed by atoms with Gasteiger partial charge in [-0.05, 0) is 66.4 Å². The molecule has 2 aromatic carbocycles. The van der Waals surface area contributed by atoms with Crippen molar-refractivity contribution in [3.63, 3.8) is 0 Å². The number of ether oxygens (including phenoxy) is 1. The molecule has 1 aliphatic heterocycles. The number of anilines is 1. The summed E-state index contributed by atoms with van der Waals surface area (Å²) in [6.07, 6.45) is 1.43. The van der Waals surface area contributed by atoms with Gasteiger partial charge < -0.3 is 14.5 Å². The summed E-state index contributed by atoms with van der Waals surface area (Å²) in [7, 11) is 1.26. The average Bonchev–Trinajstić information content (AvgIpc) is 3.40. The van der Waals surface area contributed by atoms with E-state index in [1.165, 1.54) is 19.3 Å². The van der Waals surface area contributed by atoms with Gasteiger partial charge in [0, 0.05) is 21.8 Å². The molecule has 8 nitrogen and oxygen atoms in total. The Hall–Kier alpha value is -3.34. The Morgan fingerprint density at radius 3 is 2.60 bits per heavy atom. The Balaban J connectivity index is 1.47. The van der Waals surface area contributed by atoms with Crippen LogP contribution in [0, 0.1) is 0 Å². The fourth-order valence-corrected chi connectivity index (χ4v) is 4.45. The summed E-state index contributed by atoms with van der Waals surface area (Å²) in [6.45, 7) is -0.414. The monoisotopic (exact) mass is 574 g/mol. The first-order chi connectivity index (χ1) is 16.7. The van der Waals surface area contributed by atoms with Crippen molar-refractivity contribution < 1.29 is 28.3 Å². The molecule has 35 heavy (non-hydrogen) atoms. The minimum absolute atomic E-state index is 0.124. The van der Waals surface area contributed by atoms with Crippen LogP contribution in [-0.2, 0) is 14.3 Å². The lowest BCUT2D eigenvalue weighted by Gasteiger charge is -2.12. The van der Waals surface area contributed by atoms with E-state index in [-0.39, 0.29) is 15.5 Å². The van der Waals surface area contributed by atoms with E-state index in [0.29, 0.717) is 34.5 Å². The minimum Gasteiger partial charge on any atom is -0.465 e. The van der Waals surface area contributed by atoms with Crippen LogP contribution < -0.4 is 5.32 Å². The summed E-state index contributed by atoms with van der Waals surface area (Å²) >= 11 is 10.1. The molecule has 0 aliphatic carbocycles. The number of rotatable bonds is 6. The van der Waals surface area contributed by atoms with Gasteiger partial charge in [0.2, 0.25) is 5.91 Å². The van der Waals surface area contributed by atoms with Crippen molar-refractivity contribution in [1.82, 2.24) is 4.90 Å². The van der Waals surface area contributed by atoms with Gasteiger partial charge in [-0.1, -0.05) is 27.5 Å². The number of furan rings is 1. The number of nitrogens with one attached hydrogen (secondary N) is 1. The van der Waals surface area contributed by atoms with E-state index >= 15 is 0 Å². The molecule has 0 saturated carbocycles. The maximum Gasteiger partial charge on any atom is 0.339 e. The molecule has 0 atom stereocenters. The zero-order valence-electron chi connectivity index (χ0n) is 18.0. The number of esters is 1. The van der Waals surface area contributed by atoms with Crippen molar-refractivity contribution in [2.75, 3.05) is 19.0 Å². The number of hydrogen-bond donors (Lipinski definition) is 1. The highest BCUT2D eigenvalue weighted by molar-refractivity contribution is 9.10. The third kappa shape index (κ3) is 5.67. The first kappa shape index (κ1) is 24.8.